The summed E-state index contributed by atoms with van der Waals surface area (Å²) in [7, 11) is 0. The maximum Gasteiger partial charge on any atom is 0.126 e. The van der Waals surface area contributed by atoms with Crippen LogP contribution in [0.5, 0.6) is 0 Å². The van der Waals surface area contributed by atoms with Crippen molar-refractivity contribution in [3.8, 4) is 11.1 Å². The van der Waals surface area contributed by atoms with Crippen molar-refractivity contribution in [2.24, 2.45) is 0 Å². The van der Waals surface area contributed by atoms with E-state index >= 15 is 0 Å². The second-order valence-electron chi connectivity index (χ2n) is 2.56. The Bertz CT molecular complexity index is 369. The molecule has 1 heterocycles. The number of aromatic nitrogens is 2. The predicted octanol–water partition coefficient (Wildman–Crippen LogP) is 2.08. The summed E-state index contributed by atoms with van der Waals surface area (Å²) in [5.74, 6) is 0.612. The van der Waals surface area contributed by atoms with E-state index in [0.29, 0.717) is 5.82 Å². The van der Waals surface area contributed by atoms with Crippen LogP contribution in [0.4, 0.5) is 5.82 Å². The van der Waals surface area contributed by atoms with Gasteiger partial charge in [0.1, 0.15) is 5.82 Å². The van der Waals surface area contributed by atoms with Gasteiger partial charge in [-0.1, -0.05) is 30.3 Å². The number of benzene rings is 1. The summed E-state index contributed by atoms with van der Waals surface area (Å²) >= 11 is 0. The standard InChI is InChI=1S/C9H9N3.ClH/c10-9-8(6-11-12-9)7-4-2-1-3-5-7;/h1-6H,(H3,10,11,12);1H. The summed E-state index contributed by atoms with van der Waals surface area (Å²) in [4.78, 5) is 0. The predicted molar refractivity (Wildman–Crippen MR) is 55.7 cm³/mol. The molecule has 2 aromatic rings. The summed E-state index contributed by atoms with van der Waals surface area (Å²) in [6, 6.07) is 9.92. The van der Waals surface area contributed by atoms with Gasteiger partial charge in [0, 0.05) is 5.56 Å². The lowest BCUT2D eigenvalue weighted by Crippen LogP contribution is -1.86. The van der Waals surface area contributed by atoms with E-state index in [-0.39, 0.29) is 12.4 Å². The normalized spacial score (nSPS) is 9.23. The molecule has 0 bridgehead atoms. The molecule has 0 saturated carbocycles. The monoisotopic (exact) mass is 195 g/mol. The first-order valence-corrected chi connectivity index (χ1v) is 3.72. The molecule has 0 aliphatic rings. The van der Waals surface area contributed by atoms with Crippen molar-refractivity contribution in [2.75, 3.05) is 5.73 Å². The third-order valence-electron chi connectivity index (χ3n) is 1.75. The second-order valence-corrected chi connectivity index (χ2v) is 2.56. The molecule has 0 aliphatic carbocycles. The maximum absolute atomic E-state index is 5.65. The fourth-order valence-corrected chi connectivity index (χ4v) is 1.14. The van der Waals surface area contributed by atoms with Gasteiger partial charge in [-0.25, -0.2) is 0 Å². The Balaban J connectivity index is 0.000000845. The van der Waals surface area contributed by atoms with Gasteiger partial charge in [0.05, 0.1) is 6.20 Å². The Morgan fingerprint density at radius 2 is 1.85 bits per heavy atom. The lowest BCUT2D eigenvalue weighted by Gasteiger charge is -1.96. The van der Waals surface area contributed by atoms with E-state index in [9.17, 15) is 0 Å². The molecule has 4 heteroatoms. The van der Waals surface area contributed by atoms with E-state index in [1.807, 2.05) is 30.3 Å². The van der Waals surface area contributed by atoms with E-state index in [1.54, 1.807) is 6.20 Å². The molecule has 1 aromatic heterocycles. The van der Waals surface area contributed by atoms with E-state index in [4.69, 9.17) is 5.73 Å². The zero-order chi connectivity index (χ0) is 8.39. The Hall–Kier alpha value is -1.48. The number of nitrogens with two attached hydrogens (primary N) is 1. The second kappa shape index (κ2) is 3.96. The zero-order valence-electron chi connectivity index (χ0n) is 6.90. The van der Waals surface area contributed by atoms with E-state index in [2.05, 4.69) is 10.2 Å². The van der Waals surface area contributed by atoms with Crippen LogP contribution in [-0.4, -0.2) is 10.2 Å². The minimum absolute atomic E-state index is 0. The van der Waals surface area contributed by atoms with Gasteiger partial charge in [0.15, 0.2) is 0 Å². The first kappa shape index (κ1) is 9.61. The fourth-order valence-electron chi connectivity index (χ4n) is 1.14. The topological polar surface area (TPSA) is 54.7 Å². The minimum Gasteiger partial charge on any atom is -0.384 e. The molecule has 0 amide bonds. The highest BCUT2D eigenvalue weighted by Crippen LogP contribution is 2.22. The summed E-state index contributed by atoms with van der Waals surface area (Å²) < 4.78 is 0. The van der Waals surface area contributed by atoms with Gasteiger partial charge < -0.3 is 5.73 Å². The van der Waals surface area contributed by atoms with Crippen LogP contribution in [0.3, 0.4) is 0 Å². The van der Waals surface area contributed by atoms with Crippen molar-refractivity contribution in [3.05, 3.63) is 36.5 Å². The summed E-state index contributed by atoms with van der Waals surface area (Å²) in [5.41, 5.74) is 7.70. The molecule has 0 spiro atoms. The minimum atomic E-state index is 0. The van der Waals surface area contributed by atoms with E-state index in [0.717, 1.165) is 11.1 Å². The van der Waals surface area contributed by atoms with Crippen molar-refractivity contribution in [1.82, 2.24) is 10.2 Å². The van der Waals surface area contributed by atoms with Gasteiger partial charge in [-0.3, -0.25) is 5.10 Å². The third-order valence-corrected chi connectivity index (χ3v) is 1.75. The molecule has 0 unspecified atom stereocenters. The van der Waals surface area contributed by atoms with E-state index < -0.39 is 0 Å². The van der Waals surface area contributed by atoms with Gasteiger partial charge in [-0.2, -0.15) is 5.10 Å². The molecule has 0 atom stereocenters. The quantitative estimate of drug-likeness (QED) is 0.732. The molecule has 0 fully saturated rings. The highest BCUT2D eigenvalue weighted by atomic mass is 35.5. The number of rotatable bonds is 1. The van der Waals surface area contributed by atoms with Crippen LogP contribution in [0.1, 0.15) is 0 Å². The van der Waals surface area contributed by atoms with Gasteiger partial charge in [0.2, 0.25) is 0 Å². The van der Waals surface area contributed by atoms with Crippen molar-refractivity contribution < 1.29 is 0 Å². The molecule has 1 aromatic carbocycles. The number of halogens is 1. The van der Waals surface area contributed by atoms with Crippen molar-refractivity contribution in [3.63, 3.8) is 0 Å². The Morgan fingerprint density at radius 3 is 2.38 bits per heavy atom. The third kappa shape index (κ3) is 1.81. The van der Waals surface area contributed by atoms with Crippen molar-refractivity contribution in [2.45, 2.75) is 0 Å². The largest absolute Gasteiger partial charge is 0.384 e. The summed E-state index contributed by atoms with van der Waals surface area (Å²) in [6.07, 6.45) is 1.73. The van der Waals surface area contributed by atoms with Crippen LogP contribution in [0.15, 0.2) is 36.5 Å². The number of nitrogens with one attached hydrogen (secondary N) is 1. The molecule has 0 aliphatic heterocycles. The van der Waals surface area contributed by atoms with Crippen molar-refractivity contribution >= 4 is 18.2 Å². The van der Waals surface area contributed by atoms with Crippen LogP contribution in [0, 0.1) is 0 Å². The highest BCUT2D eigenvalue weighted by Gasteiger charge is 2.01. The molecule has 0 saturated heterocycles. The average molecular weight is 196 g/mol. The summed E-state index contributed by atoms with van der Waals surface area (Å²) in [5, 5.41) is 6.54. The summed E-state index contributed by atoms with van der Waals surface area (Å²) in [6.45, 7) is 0. The molecule has 3 nitrogen and oxygen atoms in total. The molecule has 68 valence electrons. The number of aromatic amines is 1. The number of hydrogen-bond donors (Lipinski definition) is 2. The number of H-pyrrole nitrogens is 1. The lowest BCUT2D eigenvalue weighted by molar-refractivity contribution is 1.10. The van der Waals surface area contributed by atoms with Gasteiger partial charge >= 0.3 is 0 Å². The molecule has 0 radical (unpaired) electrons. The SMILES string of the molecule is Cl.Nc1[nH]ncc1-c1ccccc1. The number of anilines is 1. The lowest BCUT2D eigenvalue weighted by atomic mass is 10.1. The van der Waals surface area contributed by atoms with Crippen molar-refractivity contribution in [1.29, 1.82) is 0 Å². The van der Waals surface area contributed by atoms with Crippen LogP contribution in [0.2, 0.25) is 0 Å². The van der Waals surface area contributed by atoms with Crippen LogP contribution >= 0.6 is 12.4 Å². The number of nitrogen functional groups attached to an aromatic ring is 1. The fraction of sp³-hybridized carbons (Fsp3) is 0. The zero-order valence-corrected chi connectivity index (χ0v) is 7.71. The van der Waals surface area contributed by atoms with Crippen LogP contribution in [0.25, 0.3) is 11.1 Å². The first-order chi connectivity index (χ1) is 5.88. The van der Waals surface area contributed by atoms with Gasteiger partial charge in [-0.05, 0) is 5.56 Å². The van der Waals surface area contributed by atoms with Crippen LogP contribution in [-0.2, 0) is 0 Å². The molecule has 13 heavy (non-hydrogen) atoms. The Labute approximate surface area is 82.4 Å². The van der Waals surface area contributed by atoms with Crippen LogP contribution < -0.4 is 5.73 Å². The smallest absolute Gasteiger partial charge is 0.126 e. The Kier molecular flexibility index (Phi) is 2.93. The highest BCUT2D eigenvalue weighted by molar-refractivity contribution is 5.85. The average Bonchev–Trinajstić information content (AvgIpc) is 2.53. The first-order valence-electron chi connectivity index (χ1n) is 3.72. The molecular weight excluding hydrogens is 186 g/mol. The maximum atomic E-state index is 5.65. The Morgan fingerprint density at radius 1 is 1.15 bits per heavy atom. The van der Waals surface area contributed by atoms with E-state index in [1.165, 1.54) is 0 Å². The molecular formula is C9H10ClN3. The number of nitrogens with zero attached hydrogens (tertiary/aromatic N) is 1. The van der Waals surface area contributed by atoms with Gasteiger partial charge in [0.25, 0.3) is 0 Å². The molecule has 2 rings (SSSR count). The van der Waals surface area contributed by atoms with Gasteiger partial charge in [-0.15, -0.1) is 12.4 Å². The molecule has 3 N–H and O–H groups in total. The number of hydrogen-bond acceptors (Lipinski definition) is 2.